The number of nitrogens with zero attached hydrogens (tertiary/aromatic N) is 2. The highest BCUT2D eigenvalue weighted by molar-refractivity contribution is 8.02. The number of fused-ring (bicyclic) bond motifs is 2. The third kappa shape index (κ3) is 10.4. The Morgan fingerprint density at radius 3 is 0.989 bits per heavy atom. The van der Waals surface area contributed by atoms with E-state index in [1.165, 1.54) is 41.6 Å². The topological polar surface area (TPSA) is 93.2 Å². The van der Waals surface area contributed by atoms with Crippen molar-refractivity contribution in [2.24, 2.45) is 0 Å². The zero-order chi connectivity index (χ0) is 62.1. The van der Waals surface area contributed by atoms with E-state index in [0.717, 1.165) is 27.3 Å². The maximum absolute atomic E-state index is 14.2. The average Bonchev–Trinajstić information content (AvgIpc) is 1.43. The van der Waals surface area contributed by atoms with Crippen molar-refractivity contribution in [3.63, 3.8) is 0 Å². The van der Waals surface area contributed by atoms with E-state index < -0.39 is 20.4 Å². The second kappa shape index (κ2) is 24.4. The molecule has 10 heteroatoms. The number of ether oxygens (including phenoxy) is 2. The summed E-state index contributed by atoms with van der Waals surface area (Å²) in [7, 11) is -4.74. The van der Waals surface area contributed by atoms with Crippen LogP contribution in [-0.4, -0.2) is 30.2 Å². The standard InChI is InChI=1S/C81H62N2O6P2/c1-81(2,59-36-44-63(45-37-59)89-64-46-52-74-76(56-64)80(87)83(78(74)85)61-40-49-72(50-41-61)91(68-27-15-6-16-28-68,69-29-17-7-18-30-69)70-31-19-8-20-32-70)58-34-42-62(43-35-58)88-54-53-57-33-51-73-75(55-57)79(86)82(77(73)84)60-38-47-71(48-39-60)90(65-21-9-3-10-22-65,66-23-11-4-12-24-66)67-25-13-5-14-26-67/h3-52,55-56H,53-54H2,1-2H3/q+2. The molecule has 0 fully saturated rings. The first-order valence-corrected chi connectivity index (χ1v) is 34.0. The molecular weight excluding hydrogens is 1160 g/mol. The van der Waals surface area contributed by atoms with Crippen LogP contribution in [0.4, 0.5) is 11.4 Å². The smallest absolute Gasteiger partial charge is 0.266 e. The molecular formula is C81H62N2O6P2+2. The summed E-state index contributed by atoms with van der Waals surface area (Å²) in [6.45, 7) is 4.70. The summed E-state index contributed by atoms with van der Waals surface area (Å²) in [5.41, 5.74) is 5.08. The highest BCUT2D eigenvalue weighted by atomic mass is 31.2. The van der Waals surface area contributed by atoms with Gasteiger partial charge in [0.2, 0.25) is 0 Å². The Morgan fingerprint density at radius 1 is 0.308 bits per heavy atom. The highest BCUT2D eigenvalue weighted by Crippen LogP contribution is 2.56. The predicted molar refractivity (Wildman–Crippen MR) is 372 cm³/mol. The van der Waals surface area contributed by atoms with Gasteiger partial charge < -0.3 is 9.47 Å². The molecule has 2 aliphatic heterocycles. The van der Waals surface area contributed by atoms with Gasteiger partial charge in [0.15, 0.2) is 0 Å². The molecule has 0 atom stereocenters. The normalized spacial score (nSPS) is 13.1. The number of imide groups is 2. The van der Waals surface area contributed by atoms with E-state index in [0.29, 0.717) is 58.3 Å². The molecule has 440 valence electrons. The highest BCUT2D eigenvalue weighted by Gasteiger charge is 2.50. The summed E-state index contributed by atoms with van der Waals surface area (Å²) < 4.78 is 12.6. The van der Waals surface area contributed by atoms with Gasteiger partial charge >= 0.3 is 0 Å². The Bertz CT molecular complexity index is 4460. The van der Waals surface area contributed by atoms with Gasteiger partial charge in [-0.2, -0.15) is 0 Å². The van der Waals surface area contributed by atoms with Crippen molar-refractivity contribution in [1.29, 1.82) is 0 Å². The number of amides is 4. The Kier molecular flexibility index (Phi) is 15.6. The van der Waals surface area contributed by atoms with Crippen LogP contribution in [0.3, 0.4) is 0 Å². The first kappa shape index (κ1) is 58.1. The molecule has 0 N–H and O–H groups in total. The fourth-order valence-corrected chi connectivity index (χ4v) is 21.5. The molecule has 0 aromatic heterocycles. The minimum Gasteiger partial charge on any atom is -0.493 e. The summed E-state index contributed by atoms with van der Waals surface area (Å²) in [5.74, 6) is 0.286. The molecule has 91 heavy (non-hydrogen) atoms. The van der Waals surface area contributed by atoms with Gasteiger partial charge in [-0.3, -0.25) is 19.2 Å². The second-order valence-corrected chi connectivity index (χ2v) is 30.1. The van der Waals surface area contributed by atoms with E-state index in [9.17, 15) is 19.2 Å². The van der Waals surface area contributed by atoms with Gasteiger partial charge in [-0.15, -0.1) is 0 Å². The number of hydrogen-bond acceptors (Lipinski definition) is 6. The molecule has 0 unspecified atom stereocenters. The maximum atomic E-state index is 14.2. The molecule has 2 heterocycles. The Hall–Kier alpha value is -10.6. The quantitative estimate of drug-likeness (QED) is 0.0628. The zero-order valence-electron chi connectivity index (χ0n) is 50.2. The van der Waals surface area contributed by atoms with Crippen molar-refractivity contribution >= 4 is 92.0 Å². The largest absolute Gasteiger partial charge is 0.493 e. The van der Waals surface area contributed by atoms with Crippen molar-refractivity contribution in [3.8, 4) is 17.2 Å². The molecule has 0 radical (unpaired) electrons. The molecule has 4 amide bonds. The van der Waals surface area contributed by atoms with Crippen molar-refractivity contribution in [1.82, 2.24) is 0 Å². The molecule has 0 aliphatic carbocycles. The van der Waals surface area contributed by atoms with Crippen LogP contribution in [0.25, 0.3) is 0 Å². The van der Waals surface area contributed by atoms with Gasteiger partial charge in [0, 0.05) is 11.8 Å². The van der Waals surface area contributed by atoms with Gasteiger partial charge in [0.05, 0.1) is 40.2 Å². The fourth-order valence-electron chi connectivity index (χ4n) is 13.0. The van der Waals surface area contributed by atoms with Gasteiger partial charge in [-0.25, -0.2) is 9.80 Å². The molecule has 0 bridgehead atoms. The molecule has 12 aromatic rings. The zero-order valence-corrected chi connectivity index (χ0v) is 52.0. The maximum Gasteiger partial charge on any atom is 0.266 e. The lowest BCUT2D eigenvalue weighted by Crippen LogP contribution is -2.38. The van der Waals surface area contributed by atoms with Crippen molar-refractivity contribution < 1.29 is 28.7 Å². The lowest BCUT2D eigenvalue weighted by atomic mass is 9.78. The molecule has 12 aromatic carbocycles. The summed E-state index contributed by atoms with van der Waals surface area (Å²) in [6.07, 6.45) is 0.533. The van der Waals surface area contributed by atoms with Gasteiger partial charge in [0.1, 0.15) is 74.2 Å². The van der Waals surface area contributed by atoms with Crippen LogP contribution in [0.1, 0.15) is 72.0 Å². The van der Waals surface area contributed by atoms with E-state index in [4.69, 9.17) is 9.47 Å². The molecule has 0 spiro atoms. The minimum absolute atomic E-state index is 0.287. The van der Waals surface area contributed by atoms with Crippen LogP contribution >= 0.6 is 14.5 Å². The third-order valence-corrected chi connectivity index (χ3v) is 26.3. The number of carbonyl (C=O) groups is 4. The summed E-state index contributed by atoms with van der Waals surface area (Å²) >= 11 is 0. The lowest BCUT2D eigenvalue weighted by Gasteiger charge is -2.28. The fraction of sp³-hybridized carbons (Fsp3) is 0.0617. The molecule has 0 saturated carbocycles. The van der Waals surface area contributed by atoms with Crippen LogP contribution in [0.5, 0.6) is 17.2 Å². The molecule has 2 aliphatic rings. The molecule has 0 saturated heterocycles. The first-order chi connectivity index (χ1) is 44.5. The van der Waals surface area contributed by atoms with Crippen LogP contribution in [0, 0.1) is 0 Å². The van der Waals surface area contributed by atoms with Crippen LogP contribution in [-0.2, 0) is 11.8 Å². The minimum atomic E-state index is -2.38. The van der Waals surface area contributed by atoms with E-state index in [-0.39, 0.29) is 28.7 Å². The molecule has 8 nitrogen and oxygen atoms in total. The number of rotatable bonds is 18. The lowest BCUT2D eigenvalue weighted by molar-refractivity contribution is 0.0910. The summed E-state index contributed by atoms with van der Waals surface area (Å²) in [4.78, 5) is 58.9. The number of carbonyl (C=O) groups excluding carboxylic acids is 4. The first-order valence-electron chi connectivity index (χ1n) is 30.4. The predicted octanol–water partition coefficient (Wildman–Crippen LogP) is 14.3. The second-order valence-electron chi connectivity index (χ2n) is 23.2. The van der Waals surface area contributed by atoms with Gasteiger partial charge in [-0.1, -0.05) is 153 Å². The third-order valence-electron chi connectivity index (χ3n) is 17.7. The van der Waals surface area contributed by atoms with Gasteiger partial charge in [-0.05, 0) is 193 Å². The van der Waals surface area contributed by atoms with E-state index in [1.807, 2.05) is 109 Å². The van der Waals surface area contributed by atoms with E-state index >= 15 is 0 Å². The Labute approximate surface area is 531 Å². The average molecular weight is 1220 g/mol. The number of anilines is 2. The SMILES string of the molecule is CC(C)(c1ccc(OCCc2ccc3c(c2)C(=O)N(c2ccc([P+](c4ccccc4)(c4ccccc4)c4ccccc4)cc2)C3=O)cc1)c1ccc(Oc2ccc3c(c2)C(=O)N(c2ccc([P+](c4ccccc4)(c4ccccc4)c4ccccc4)cc2)C3=O)cc1. The summed E-state index contributed by atoms with van der Waals surface area (Å²) in [5, 5.41) is 9.47. The number of benzene rings is 12. The monoisotopic (exact) mass is 1220 g/mol. The van der Waals surface area contributed by atoms with Crippen molar-refractivity contribution in [2.45, 2.75) is 25.7 Å². The van der Waals surface area contributed by atoms with E-state index in [2.05, 4.69) is 196 Å². The van der Waals surface area contributed by atoms with Crippen LogP contribution in [0.2, 0.25) is 0 Å². The summed E-state index contributed by atoms with van der Waals surface area (Å²) in [6, 6.07) is 106. The van der Waals surface area contributed by atoms with Crippen molar-refractivity contribution in [3.05, 3.63) is 354 Å². The Balaban J connectivity index is 0.612. The number of hydrogen-bond donors (Lipinski definition) is 0. The van der Waals surface area contributed by atoms with Gasteiger partial charge in [0.25, 0.3) is 23.6 Å². The Morgan fingerprint density at radius 2 is 0.615 bits per heavy atom. The van der Waals surface area contributed by atoms with Crippen LogP contribution < -0.4 is 61.7 Å². The molecule has 14 rings (SSSR count). The van der Waals surface area contributed by atoms with E-state index in [1.54, 1.807) is 24.3 Å². The van der Waals surface area contributed by atoms with Crippen molar-refractivity contribution in [2.75, 3.05) is 16.4 Å². The van der Waals surface area contributed by atoms with Crippen LogP contribution in [0.15, 0.2) is 315 Å².